The largest absolute Gasteiger partial charge is 0.488 e. The number of hydrogen-bond acceptors (Lipinski definition) is 2. The van der Waals surface area contributed by atoms with E-state index < -0.39 is 11.8 Å². The van der Waals surface area contributed by atoms with Gasteiger partial charge in [0.25, 0.3) is 0 Å². The van der Waals surface area contributed by atoms with E-state index in [1.54, 1.807) is 12.1 Å². The van der Waals surface area contributed by atoms with Gasteiger partial charge < -0.3 is 9.84 Å². The van der Waals surface area contributed by atoms with Crippen molar-refractivity contribution >= 4 is 40.2 Å². The summed E-state index contributed by atoms with van der Waals surface area (Å²) in [6.45, 7) is 0.132. The molecule has 0 aliphatic heterocycles. The highest BCUT2D eigenvalue weighted by molar-refractivity contribution is 14.1. The van der Waals surface area contributed by atoms with Crippen molar-refractivity contribution in [1.29, 1.82) is 0 Å². The van der Waals surface area contributed by atoms with Crippen LogP contribution in [0.5, 0.6) is 5.75 Å². The lowest BCUT2D eigenvalue weighted by molar-refractivity contribution is 0.0696. The number of rotatable bonds is 4. The van der Waals surface area contributed by atoms with E-state index >= 15 is 0 Å². The van der Waals surface area contributed by atoms with Crippen LogP contribution in [0.1, 0.15) is 15.9 Å². The van der Waals surface area contributed by atoms with Gasteiger partial charge in [0.05, 0.1) is 14.2 Å². The maximum absolute atomic E-state index is 13.3. The summed E-state index contributed by atoms with van der Waals surface area (Å²) < 4.78 is 19.6. The molecule has 0 amide bonds. The van der Waals surface area contributed by atoms with Gasteiger partial charge in [0.2, 0.25) is 0 Å². The minimum absolute atomic E-state index is 0.0520. The van der Waals surface area contributed by atoms with Gasteiger partial charge in [0, 0.05) is 0 Å². The van der Waals surface area contributed by atoms with Crippen molar-refractivity contribution in [3.8, 4) is 5.75 Å². The van der Waals surface area contributed by atoms with Gasteiger partial charge in [0.15, 0.2) is 0 Å². The number of aromatic carboxylic acids is 1. The molecule has 2 aromatic rings. The minimum Gasteiger partial charge on any atom is -0.488 e. The molecule has 0 aliphatic rings. The van der Waals surface area contributed by atoms with Crippen LogP contribution < -0.4 is 4.74 Å². The number of carboxylic acids is 1. The maximum Gasteiger partial charge on any atom is 0.335 e. The van der Waals surface area contributed by atoms with E-state index in [-0.39, 0.29) is 17.2 Å². The molecule has 1 N–H and O–H groups in total. The van der Waals surface area contributed by atoms with Crippen LogP contribution in [0.2, 0.25) is 5.02 Å². The number of halogens is 3. The van der Waals surface area contributed by atoms with Crippen LogP contribution in [0.25, 0.3) is 0 Å². The van der Waals surface area contributed by atoms with Crippen molar-refractivity contribution < 1.29 is 19.0 Å². The van der Waals surface area contributed by atoms with E-state index in [0.717, 1.165) is 3.57 Å². The molecule has 0 saturated heterocycles. The van der Waals surface area contributed by atoms with Crippen LogP contribution >= 0.6 is 34.2 Å². The second-order valence-electron chi connectivity index (χ2n) is 3.99. The first kappa shape index (κ1) is 15.1. The van der Waals surface area contributed by atoms with Crippen LogP contribution in [0.3, 0.4) is 0 Å². The maximum atomic E-state index is 13.3. The molecular weight excluding hydrogens is 398 g/mol. The highest BCUT2D eigenvalue weighted by Gasteiger charge is 2.09. The van der Waals surface area contributed by atoms with Crippen molar-refractivity contribution in [1.82, 2.24) is 0 Å². The summed E-state index contributed by atoms with van der Waals surface area (Å²) in [5.74, 6) is -1.09. The van der Waals surface area contributed by atoms with Gasteiger partial charge in [-0.25, -0.2) is 9.18 Å². The summed E-state index contributed by atoms with van der Waals surface area (Å²) in [7, 11) is 0. The second kappa shape index (κ2) is 6.41. The molecule has 0 saturated carbocycles. The van der Waals surface area contributed by atoms with Crippen molar-refractivity contribution in [2.24, 2.45) is 0 Å². The average molecular weight is 407 g/mol. The monoisotopic (exact) mass is 406 g/mol. The van der Waals surface area contributed by atoms with Crippen LogP contribution in [0.15, 0.2) is 36.4 Å². The summed E-state index contributed by atoms with van der Waals surface area (Å²) >= 11 is 7.64. The second-order valence-corrected chi connectivity index (χ2v) is 5.56. The molecule has 104 valence electrons. The number of ether oxygens (including phenoxy) is 1. The van der Waals surface area contributed by atoms with Gasteiger partial charge in [-0.2, -0.15) is 0 Å². The molecule has 0 fully saturated rings. The van der Waals surface area contributed by atoms with E-state index in [2.05, 4.69) is 0 Å². The minimum atomic E-state index is -1.02. The Morgan fingerprint density at radius 2 is 2.05 bits per heavy atom. The number of benzene rings is 2. The van der Waals surface area contributed by atoms with Gasteiger partial charge >= 0.3 is 5.97 Å². The molecule has 0 spiro atoms. The molecule has 20 heavy (non-hydrogen) atoms. The lowest BCUT2D eigenvalue weighted by Crippen LogP contribution is -2.01. The first-order valence-electron chi connectivity index (χ1n) is 5.57. The molecule has 2 rings (SSSR count). The Labute approximate surface area is 133 Å². The fourth-order valence-electron chi connectivity index (χ4n) is 1.54. The number of carbonyl (C=O) groups is 1. The highest BCUT2D eigenvalue weighted by Crippen LogP contribution is 2.24. The van der Waals surface area contributed by atoms with Gasteiger partial charge in [-0.15, -0.1) is 0 Å². The Balaban J connectivity index is 2.15. The van der Waals surface area contributed by atoms with Crippen molar-refractivity contribution in [3.05, 3.63) is 61.9 Å². The zero-order valence-electron chi connectivity index (χ0n) is 10.1. The summed E-state index contributed by atoms with van der Waals surface area (Å²) in [4.78, 5) is 10.9. The van der Waals surface area contributed by atoms with Gasteiger partial charge in [0.1, 0.15) is 18.2 Å². The molecule has 0 aromatic heterocycles. The van der Waals surface area contributed by atoms with Crippen molar-refractivity contribution in [2.45, 2.75) is 6.61 Å². The van der Waals surface area contributed by atoms with E-state index in [0.29, 0.717) is 11.3 Å². The zero-order valence-corrected chi connectivity index (χ0v) is 13.0. The summed E-state index contributed by atoms with van der Waals surface area (Å²) in [5, 5.41) is 8.98. The Morgan fingerprint density at radius 3 is 2.70 bits per heavy atom. The Kier molecular flexibility index (Phi) is 4.82. The third-order valence-corrected chi connectivity index (χ3v) is 3.75. The van der Waals surface area contributed by atoms with E-state index in [1.165, 1.54) is 24.3 Å². The summed E-state index contributed by atoms with van der Waals surface area (Å²) in [5.41, 5.74) is 0.756. The SMILES string of the molecule is O=C(O)c1ccc(I)c(OCc2ccc(Cl)c(F)c2)c1. The predicted molar refractivity (Wildman–Crippen MR) is 81.9 cm³/mol. The Hall–Kier alpha value is -1.34. The summed E-state index contributed by atoms with van der Waals surface area (Å²) in [6, 6.07) is 8.99. The lowest BCUT2D eigenvalue weighted by atomic mass is 10.2. The normalized spacial score (nSPS) is 10.3. The van der Waals surface area contributed by atoms with E-state index in [1.807, 2.05) is 22.6 Å². The fourth-order valence-corrected chi connectivity index (χ4v) is 2.15. The standard InChI is InChI=1S/C14H9ClFIO3/c15-10-3-1-8(5-11(10)16)7-20-13-6-9(14(18)19)2-4-12(13)17/h1-6H,7H2,(H,18,19). The molecule has 0 bridgehead atoms. The average Bonchev–Trinajstić information content (AvgIpc) is 2.41. The third kappa shape index (κ3) is 3.61. The van der Waals surface area contributed by atoms with Crippen molar-refractivity contribution in [2.75, 3.05) is 0 Å². The van der Waals surface area contributed by atoms with Crippen LogP contribution in [0, 0.1) is 9.39 Å². The molecular formula is C14H9ClFIO3. The smallest absolute Gasteiger partial charge is 0.335 e. The molecule has 6 heteroatoms. The first-order valence-corrected chi connectivity index (χ1v) is 7.02. The quantitative estimate of drug-likeness (QED) is 0.768. The molecule has 0 heterocycles. The predicted octanol–water partition coefficient (Wildman–Crippen LogP) is 4.36. The lowest BCUT2D eigenvalue weighted by Gasteiger charge is -2.09. The number of hydrogen-bond donors (Lipinski definition) is 1. The molecule has 0 atom stereocenters. The molecule has 0 unspecified atom stereocenters. The molecule has 0 aliphatic carbocycles. The van der Waals surface area contributed by atoms with Gasteiger partial charge in [-0.3, -0.25) is 0 Å². The third-order valence-electron chi connectivity index (χ3n) is 2.56. The highest BCUT2D eigenvalue weighted by atomic mass is 127. The number of carboxylic acid groups (broad SMARTS) is 1. The van der Waals surface area contributed by atoms with E-state index in [4.69, 9.17) is 21.4 Å². The Bertz CT molecular complexity index is 661. The fraction of sp³-hybridized carbons (Fsp3) is 0.0714. The van der Waals surface area contributed by atoms with Crippen LogP contribution in [-0.4, -0.2) is 11.1 Å². The molecule has 3 nitrogen and oxygen atoms in total. The van der Waals surface area contributed by atoms with Gasteiger partial charge in [-0.1, -0.05) is 17.7 Å². The van der Waals surface area contributed by atoms with E-state index in [9.17, 15) is 9.18 Å². The summed E-state index contributed by atoms with van der Waals surface area (Å²) in [6.07, 6.45) is 0. The molecule has 0 radical (unpaired) electrons. The Morgan fingerprint density at radius 1 is 1.30 bits per heavy atom. The topological polar surface area (TPSA) is 46.5 Å². The van der Waals surface area contributed by atoms with Crippen LogP contribution in [0.4, 0.5) is 4.39 Å². The van der Waals surface area contributed by atoms with Crippen molar-refractivity contribution in [3.63, 3.8) is 0 Å². The molecule has 2 aromatic carbocycles. The van der Waals surface area contributed by atoms with Gasteiger partial charge in [-0.05, 0) is 58.5 Å². The van der Waals surface area contributed by atoms with Crippen LogP contribution in [-0.2, 0) is 6.61 Å². The first-order chi connectivity index (χ1) is 9.47. The zero-order chi connectivity index (χ0) is 14.7.